The van der Waals surface area contributed by atoms with Crippen molar-refractivity contribution in [1.82, 2.24) is 20.0 Å². The standard InChI is InChI=1S/C19H14N4O2S/c24-18(25)16-17(14-9-5-2-6-10-14)23(22-21-16)19-20-12-15(26-19)11-13-7-3-1-4-8-13/h1-10,12H,11H2,(H,24,25). The zero-order valence-electron chi connectivity index (χ0n) is 13.6. The summed E-state index contributed by atoms with van der Waals surface area (Å²) in [6, 6.07) is 19.3. The Bertz CT molecular complexity index is 1040. The molecule has 0 amide bonds. The molecule has 2 aromatic heterocycles. The van der Waals surface area contributed by atoms with Gasteiger partial charge in [0.25, 0.3) is 0 Å². The number of thiazole rings is 1. The van der Waals surface area contributed by atoms with E-state index in [-0.39, 0.29) is 5.69 Å². The molecule has 0 aliphatic rings. The SMILES string of the molecule is O=C(O)c1nnn(-c2ncc(Cc3ccccc3)s2)c1-c1ccccc1. The van der Waals surface area contributed by atoms with Gasteiger partial charge < -0.3 is 5.11 Å². The molecule has 128 valence electrons. The Kier molecular flexibility index (Phi) is 4.28. The van der Waals surface area contributed by atoms with Crippen LogP contribution in [0.3, 0.4) is 0 Å². The third-order valence-corrected chi connectivity index (χ3v) is 4.84. The molecule has 0 saturated heterocycles. The number of aromatic nitrogens is 4. The minimum absolute atomic E-state index is 0.0870. The van der Waals surface area contributed by atoms with E-state index in [0.29, 0.717) is 10.8 Å². The highest BCUT2D eigenvalue weighted by Gasteiger charge is 2.22. The van der Waals surface area contributed by atoms with E-state index in [2.05, 4.69) is 27.4 Å². The van der Waals surface area contributed by atoms with Crippen molar-refractivity contribution in [1.29, 1.82) is 0 Å². The predicted octanol–water partition coefficient (Wildman–Crippen LogP) is 3.68. The largest absolute Gasteiger partial charge is 0.476 e. The maximum Gasteiger partial charge on any atom is 0.358 e. The topological polar surface area (TPSA) is 80.9 Å². The Morgan fingerprint density at radius 2 is 1.73 bits per heavy atom. The summed E-state index contributed by atoms with van der Waals surface area (Å²) < 4.78 is 1.50. The van der Waals surface area contributed by atoms with Crippen molar-refractivity contribution in [2.45, 2.75) is 6.42 Å². The Morgan fingerprint density at radius 3 is 2.42 bits per heavy atom. The Balaban J connectivity index is 1.74. The van der Waals surface area contributed by atoms with Crippen LogP contribution in [-0.4, -0.2) is 31.1 Å². The number of carbonyl (C=O) groups is 1. The molecule has 6 nitrogen and oxygen atoms in total. The molecular formula is C19H14N4O2S. The van der Waals surface area contributed by atoms with Crippen LogP contribution >= 0.6 is 11.3 Å². The fraction of sp³-hybridized carbons (Fsp3) is 0.0526. The summed E-state index contributed by atoms with van der Waals surface area (Å²) in [6.07, 6.45) is 2.56. The van der Waals surface area contributed by atoms with Crippen LogP contribution in [0.2, 0.25) is 0 Å². The fourth-order valence-corrected chi connectivity index (χ4v) is 3.59. The van der Waals surface area contributed by atoms with Crippen molar-refractivity contribution in [2.24, 2.45) is 0 Å². The summed E-state index contributed by atoms with van der Waals surface area (Å²) in [4.78, 5) is 17.0. The van der Waals surface area contributed by atoms with Gasteiger partial charge in [-0.1, -0.05) is 77.2 Å². The number of carboxylic acid groups (broad SMARTS) is 1. The van der Waals surface area contributed by atoms with Gasteiger partial charge in [-0.3, -0.25) is 0 Å². The van der Waals surface area contributed by atoms with Crippen LogP contribution in [0, 0.1) is 0 Å². The minimum atomic E-state index is -1.11. The molecule has 4 rings (SSSR count). The molecule has 0 bridgehead atoms. The number of rotatable bonds is 5. The first-order valence-corrected chi connectivity index (χ1v) is 8.77. The van der Waals surface area contributed by atoms with Gasteiger partial charge in [0.15, 0.2) is 5.69 Å². The van der Waals surface area contributed by atoms with Gasteiger partial charge in [0, 0.05) is 23.1 Å². The fourth-order valence-electron chi connectivity index (χ4n) is 2.69. The maximum atomic E-state index is 11.6. The highest BCUT2D eigenvalue weighted by atomic mass is 32.1. The number of benzene rings is 2. The lowest BCUT2D eigenvalue weighted by Crippen LogP contribution is -2.02. The number of hydrogen-bond donors (Lipinski definition) is 1. The number of nitrogens with zero attached hydrogens (tertiary/aromatic N) is 4. The van der Waals surface area contributed by atoms with Crippen molar-refractivity contribution < 1.29 is 9.90 Å². The molecule has 2 heterocycles. The Hall–Kier alpha value is -3.32. The highest BCUT2D eigenvalue weighted by Crippen LogP contribution is 2.28. The molecule has 1 N–H and O–H groups in total. The number of carboxylic acids is 1. The molecule has 0 saturated carbocycles. The first kappa shape index (κ1) is 16.2. The lowest BCUT2D eigenvalue weighted by molar-refractivity contribution is 0.0691. The van der Waals surface area contributed by atoms with Gasteiger partial charge in [-0.15, -0.1) is 5.10 Å². The zero-order valence-corrected chi connectivity index (χ0v) is 14.4. The van der Waals surface area contributed by atoms with Gasteiger partial charge in [0.05, 0.1) is 0 Å². The van der Waals surface area contributed by atoms with Crippen molar-refractivity contribution in [3.05, 3.63) is 83.0 Å². The molecule has 0 atom stereocenters. The second-order valence-corrected chi connectivity index (χ2v) is 6.73. The van der Waals surface area contributed by atoms with E-state index >= 15 is 0 Å². The van der Waals surface area contributed by atoms with Gasteiger partial charge in [-0.25, -0.2) is 9.78 Å². The summed E-state index contributed by atoms with van der Waals surface area (Å²) in [5.74, 6) is -1.11. The third-order valence-electron chi connectivity index (χ3n) is 3.86. The van der Waals surface area contributed by atoms with Crippen LogP contribution in [0.1, 0.15) is 20.9 Å². The number of aromatic carboxylic acids is 1. The van der Waals surface area contributed by atoms with Gasteiger partial charge >= 0.3 is 5.97 Å². The molecule has 4 aromatic rings. The first-order valence-electron chi connectivity index (χ1n) is 7.96. The molecule has 0 aliphatic heterocycles. The summed E-state index contributed by atoms with van der Waals surface area (Å²) in [5.41, 5.74) is 2.26. The van der Waals surface area contributed by atoms with Crippen LogP contribution < -0.4 is 0 Å². The van der Waals surface area contributed by atoms with Gasteiger partial charge in [-0.2, -0.15) is 4.68 Å². The van der Waals surface area contributed by atoms with E-state index < -0.39 is 5.97 Å². The molecule has 0 radical (unpaired) electrons. The molecule has 2 aromatic carbocycles. The van der Waals surface area contributed by atoms with Crippen LogP contribution in [0.5, 0.6) is 0 Å². The molecule has 0 fully saturated rings. The van der Waals surface area contributed by atoms with Crippen molar-refractivity contribution in [3.63, 3.8) is 0 Å². The summed E-state index contributed by atoms with van der Waals surface area (Å²) in [7, 11) is 0. The highest BCUT2D eigenvalue weighted by molar-refractivity contribution is 7.14. The minimum Gasteiger partial charge on any atom is -0.476 e. The van der Waals surface area contributed by atoms with Crippen molar-refractivity contribution in [2.75, 3.05) is 0 Å². The quantitative estimate of drug-likeness (QED) is 0.586. The number of hydrogen-bond acceptors (Lipinski definition) is 5. The third kappa shape index (κ3) is 3.12. The van der Waals surface area contributed by atoms with E-state index in [1.165, 1.54) is 21.6 Å². The van der Waals surface area contributed by atoms with E-state index in [0.717, 1.165) is 16.9 Å². The van der Waals surface area contributed by atoms with Crippen molar-refractivity contribution >= 4 is 17.3 Å². The van der Waals surface area contributed by atoms with Crippen LogP contribution in [-0.2, 0) is 6.42 Å². The molecule has 0 aliphatic carbocycles. The van der Waals surface area contributed by atoms with E-state index in [9.17, 15) is 9.90 Å². The van der Waals surface area contributed by atoms with Crippen LogP contribution in [0.25, 0.3) is 16.4 Å². The van der Waals surface area contributed by atoms with E-state index in [1.54, 1.807) is 6.20 Å². The smallest absolute Gasteiger partial charge is 0.358 e. The maximum absolute atomic E-state index is 11.6. The summed E-state index contributed by atoms with van der Waals surface area (Å²) in [6.45, 7) is 0. The first-order chi connectivity index (χ1) is 12.7. The average Bonchev–Trinajstić information content (AvgIpc) is 3.30. The van der Waals surface area contributed by atoms with Gasteiger partial charge in [-0.05, 0) is 5.56 Å². The molecule has 0 spiro atoms. The van der Waals surface area contributed by atoms with Crippen LogP contribution in [0.4, 0.5) is 0 Å². The molecule has 26 heavy (non-hydrogen) atoms. The lowest BCUT2D eigenvalue weighted by Gasteiger charge is -2.04. The zero-order chi connectivity index (χ0) is 17.9. The molecule has 7 heteroatoms. The van der Waals surface area contributed by atoms with E-state index in [1.807, 2.05) is 48.5 Å². The lowest BCUT2D eigenvalue weighted by atomic mass is 10.1. The van der Waals surface area contributed by atoms with Crippen LogP contribution in [0.15, 0.2) is 66.9 Å². The Labute approximate surface area is 153 Å². The average molecular weight is 362 g/mol. The molecular weight excluding hydrogens is 348 g/mol. The second-order valence-electron chi connectivity index (χ2n) is 5.64. The van der Waals surface area contributed by atoms with Gasteiger partial charge in [0.2, 0.25) is 5.13 Å². The Morgan fingerprint density at radius 1 is 1.04 bits per heavy atom. The monoisotopic (exact) mass is 362 g/mol. The van der Waals surface area contributed by atoms with Crippen molar-refractivity contribution in [3.8, 4) is 16.4 Å². The van der Waals surface area contributed by atoms with E-state index in [4.69, 9.17) is 0 Å². The predicted molar refractivity (Wildman–Crippen MR) is 98.7 cm³/mol. The molecule has 0 unspecified atom stereocenters. The second kappa shape index (κ2) is 6.89. The normalized spacial score (nSPS) is 10.8. The summed E-state index contributed by atoms with van der Waals surface area (Å²) >= 11 is 1.47. The summed E-state index contributed by atoms with van der Waals surface area (Å²) in [5, 5.41) is 17.9. The van der Waals surface area contributed by atoms with Gasteiger partial charge in [0.1, 0.15) is 5.69 Å².